The van der Waals surface area contributed by atoms with Gasteiger partial charge >= 0.3 is 5.97 Å². The standard InChI is InChI=1S/C13H15FN2O2/c1-13(2,12(17)18)7-11-15-9-5-4-8(14)6-10(9)16(11)3/h4-6H,7H2,1-3H3,(H,17,18). The van der Waals surface area contributed by atoms with E-state index >= 15 is 0 Å². The number of hydrogen-bond acceptors (Lipinski definition) is 2. The first-order valence-corrected chi connectivity index (χ1v) is 5.65. The molecule has 2 aromatic rings. The van der Waals surface area contributed by atoms with Crippen molar-refractivity contribution in [2.75, 3.05) is 0 Å². The van der Waals surface area contributed by atoms with Crippen LogP contribution in [0.1, 0.15) is 19.7 Å². The number of imidazole rings is 1. The minimum Gasteiger partial charge on any atom is -0.481 e. The van der Waals surface area contributed by atoms with E-state index in [2.05, 4.69) is 4.98 Å². The smallest absolute Gasteiger partial charge is 0.309 e. The largest absolute Gasteiger partial charge is 0.481 e. The number of carbonyl (C=O) groups is 1. The number of hydrogen-bond donors (Lipinski definition) is 1. The number of aliphatic carboxylic acids is 1. The molecule has 1 aromatic carbocycles. The van der Waals surface area contributed by atoms with Gasteiger partial charge in [-0.05, 0) is 32.0 Å². The van der Waals surface area contributed by atoms with Crippen molar-refractivity contribution in [3.05, 3.63) is 29.8 Å². The fourth-order valence-electron chi connectivity index (χ4n) is 1.84. The lowest BCUT2D eigenvalue weighted by Crippen LogP contribution is -2.27. The van der Waals surface area contributed by atoms with Crippen molar-refractivity contribution in [1.82, 2.24) is 9.55 Å². The first kappa shape index (κ1) is 12.5. The van der Waals surface area contributed by atoms with E-state index in [0.717, 1.165) is 0 Å². The van der Waals surface area contributed by atoms with Crippen LogP contribution in [0.4, 0.5) is 4.39 Å². The van der Waals surface area contributed by atoms with Gasteiger partial charge in [-0.1, -0.05) is 0 Å². The fourth-order valence-corrected chi connectivity index (χ4v) is 1.84. The number of halogens is 1. The van der Waals surface area contributed by atoms with Crippen LogP contribution < -0.4 is 0 Å². The van der Waals surface area contributed by atoms with Crippen LogP contribution in [0, 0.1) is 11.2 Å². The minimum atomic E-state index is -0.895. The summed E-state index contributed by atoms with van der Waals surface area (Å²) in [5, 5.41) is 9.12. The number of carboxylic acids is 1. The lowest BCUT2D eigenvalue weighted by atomic mass is 9.89. The maximum atomic E-state index is 13.2. The normalized spacial score (nSPS) is 12.0. The molecule has 0 bridgehead atoms. The molecular weight excluding hydrogens is 235 g/mol. The molecule has 0 saturated carbocycles. The van der Waals surface area contributed by atoms with Crippen LogP contribution in [0.3, 0.4) is 0 Å². The number of aromatic nitrogens is 2. The lowest BCUT2D eigenvalue weighted by molar-refractivity contribution is -0.146. The molecule has 96 valence electrons. The third-order valence-electron chi connectivity index (χ3n) is 3.11. The van der Waals surface area contributed by atoms with E-state index in [1.54, 1.807) is 31.5 Å². The van der Waals surface area contributed by atoms with Crippen molar-refractivity contribution in [2.45, 2.75) is 20.3 Å². The molecule has 5 heteroatoms. The van der Waals surface area contributed by atoms with E-state index in [1.807, 2.05) is 0 Å². The topological polar surface area (TPSA) is 55.1 Å². The Morgan fingerprint density at radius 3 is 2.78 bits per heavy atom. The van der Waals surface area contributed by atoms with Crippen molar-refractivity contribution >= 4 is 17.0 Å². The quantitative estimate of drug-likeness (QED) is 0.909. The van der Waals surface area contributed by atoms with Crippen LogP contribution >= 0.6 is 0 Å². The molecule has 0 aliphatic rings. The lowest BCUT2D eigenvalue weighted by Gasteiger charge is -2.18. The van der Waals surface area contributed by atoms with Gasteiger partial charge in [0.1, 0.15) is 11.6 Å². The van der Waals surface area contributed by atoms with E-state index in [9.17, 15) is 9.18 Å². The molecule has 18 heavy (non-hydrogen) atoms. The molecule has 0 aliphatic carbocycles. The molecular formula is C13H15FN2O2. The van der Waals surface area contributed by atoms with Crippen LogP contribution in [0.25, 0.3) is 11.0 Å². The van der Waals surface area contributed by atoms with E-state index in [0.29, 0.717) is 23.3 Å². The van der Waals surface area contributed by atoms with Gasteiger partial charge < -0.3 is 9.67 Å². The number of benzene rings is 1. The van der Waals surface area contributed by atoms with Gasteiger partial charge in [0.05, 0.1) is 16.4 Å². The zero-order valence-corrected chi connectivity index (χ0v) is 10.6. The van der Waals surface area contributed by atoms with Crippen LogP contribution in [-0.2, 0) is 18.3 Å². The maximum absolute atomic E-state index is 13.2. The monoisotopic (exact) mass is 250 g/mol. The van der Waals surface area contributed by atoms with Crippen molar-refractivity contribution in [3.63, 3.8) is 0 Å². The van der Waals surface area contributed by atoms with Crippen LogP contribution in [-0.4, -0.2) is 20.6 Å². The average Bonchev–Trinajstić information content (AvgIpc) is 2.56. The zero-order chi connectivity index (χ0) is 13.5. The summed E-state index contributed by atoms with van der Waals surface area (Å²) in [7, 11) is 1.77. The molecule has 1 aromatic heterocycles. The molecule has 0 radical (unpaired) electrons. The van der Waals surface area contributed by atoms with Crippen molar-refractivity contribution in [3.8, 4) is 0 Å². The first-order chi connectivity index (χ1) is 8.31. The van der Waals surface area contributed by atoms with E-state index in [4.69, 9.17) is 5.11 Å². The second-order valence-electron chi connectivity index (χ2n) is 5.09. The Kier molecular flexibility index (Phi) is 2.84. The van der Waals surface area contributed by atoms with Gasteiger partial charge in [-0.2, -0.15) is 0 Å². The Labute approximate surface area is 104 Å². The molecule has 0 fully saturated rings. The molecule has 1 heterocycles. The number of aryl methyl sites for hydroxylation is 1. The minimum absolute atomic E-state index is 0.301. The third kappa shape index (κ3) is 2.08. The summed E-state index contributed by atoms with van der Waals surface area (Å²) in [6, 6.07) is 4.35. The van der Waals surface area contributed by atoms with Gasteiger partial charge in [-0.15, -0.1) is 0 Å². The first-order valence-electron chi connectivity index (χ1n) is 5.65. The van der Waals surface area contributed by atoms with Crippen LogP contribution in [0.2, 0.25) is 0 Å². The molecule has 0 saturated heterocycles. The van der Waals surface area contributed by atoms with Crippen molar-refractivity contribution in [2.24, 2.45) is 12.5 Å². The zero-order valence-electron chi connectivity index (χ0n) is 10.6. The Morgan fingerprint density at radius 2 is 2.17 bits per heavy atom. The highest BCUT2D eigenvalue weighted by molar-refractivity contribution is 5.77. The molecule has 0 aliphatic heterocycles. The predicted octanol–water partition coefficient (Wildman–Crippen LogP) is 2.37. The number of carboxylic acid groups (broad SMARTS) is 1. The Balaban J connectivity index is 2.47. The second kappa shape index (κ2) is 4.08. The average molecular weight is 250 g/mol. The van der Waals surface area contributed by atoms with Gasteiger partial charge in [-0.25, -0.2) is 9.37 Å². The number of rotatable bonds is 3. The summed E-state index contributed by atoms with van der Waals surface area (Å²) in [5.74, 6) is -0.557. The van der Waals surface area contributed by atoms with E-state index in [1.165, 1.54) is 12.1 Å². The highest BCUT2D eigenvalue weighted by Crippen LogP contribution is 2.24. The van der Waals surface area contributed by atoms with Gasteiger partial charge in [0.2, 0.25) is 0 Å². The molecule has 2 rings (SSSR count). The molecule has 1 N–H and O–H groups in total. The molecule has 4 nitrogen and oxygen atoms in total. The van der Waals surface area contributed by atoms with E-state index in [-0.39, 0.29) is 5.82 Å². The van der Waals surface area contributed by atoms with Crippen molar-refractivity contribution < 1.29 is 14.3 Å². The van der Waals surface area contributed by atoms with Gasteiger partial charge in [-0.3, -0.25) is 4.79 Å². The van der Waals surface area contributed by atoms with Crippen molar-refractivity contribution in [1.29, 1.82) is 0 Å². The summed E-state index contributed by atoms with van der Waals surface area (Å²) >= 11 is 0. The van der Waals surface area contributed by atoms with Crippen LogP contribution in [0.5, 0.6) is 0 Å². The van der Waals surface area contributed by atoms with Gasteiger partial charge in [0, 0.05) is 13.5 Å². The summed E-state index contributed by atoms with van der Waals surface area (Å²) in [5.41, 5.74) is 0.453. The number of fused-ring (bicyclic) bond motifs is 1. The Hall–Kier alpha value is -1.91. The summed E-state index contributed by atoms with van der Waals surface area (Å²) in [6.07, 6.45) is 0.301. The molecule has 0 amide bonds. The third-order valence-corrected chi connectivity index (χ3v) is 3.11. The highest BCUT2D eigenvalue weighted by Gasteiger charge is 2.29. The van der Waals surface area contributed by atoms with Gasteiger partial charge in [0.25, 0.3) is 0 Å². The van der Waals surface area contributed by atoms with E-state index < -0.39 is 11.4 Å². The summed E-state index contributed by atoms with van der Waals surface area (Å²) in [6.45, 7) is 3.30. The Bertz CT molecular complexity index is 617. The fraction of sp³-hybridized carbons (Fsp3) is 0.385. The molecule has 0 unspecified atom stereocenters. The SMILES string of the molecule is Cn1c(CC(C)(C)C(=O)O)nc2ccc(F)cc21. The highest BCUT2D eigenvalue weighted by atomic mass is 19.1. The summed E-state index contributed by atoms with van der Waals surface area (Å²) in [4.78, 5) is 15.5. The van der Waals surface area contributed by atoms with Gasteiger partial charge in [0.15, 0.2) is 0 Å². The Morgan fingerprint density at radius 1 is 1.50 bits per heavy atom. The number of nitrogens with zero attached hydrogens (tertiary/aromatic N) is 2. The predicted molar refractivity (Wildman–Crippen MR) is 65.8 cm³/mol. The van der Waals surface area contributed by atoms with Crippen LogP contribution in [0.15, 0.2) is 18.2 Å². The molecule has 0 spiro atoms. The maximum Gasteiger partial charge on any atom is 0.309 e. The second-order valence-corrected chi connectivity index (χ2v) is 5.09. The summed E-state index contributed by atoms with van der Waals surface area (Å²) < 4.78 is 14.9. The molecule has 0 atom stereocenters.